The lowest BCUT2D eigenvalue weighted by atomic mass is 10.0. The second-order valence-electron chi connectivity index (χ2n) is 3.24. The number of hydrogen-bond donors (Lipinski definition) is 0. The van der Waals surface area contributed by atoms with Gasteiger partial charge in [-0.2, -0.15) is 0 Å². The largest absolute Gasteiger partial charge is 0.465 e. The first kappa shape index (κ1) is 15.1. The number of methoxy groups -OCH3 is 2. The first-order valence-corrected chi connectivity index (χ1v) is 5.82. The van der Waals surface area contributed by atoms with Crippen molar-refractivity contribution in [2.24, 2.45) is 0 Å². The van der Waals surface area contributed by atoms with Crippen molar-refractivity contribution in [2.45, 2.75) is 3.79 Å². The van der Waals surface area contributed by atoms with Gasteiger partial charge in [-0.25, -0.2) is 9.59 Å². The number of esters is 2. The van der Waals surface area contributed by atoms with Gasteiger partial charge in [0.25, 0.3) is 0 Å². The SMILES string of the molecule is COC(=O)c1ccc(C(=O)OC)c(C(Cl)(Cl)Cl)c1. The van der Waals surface area contributed by atoms with Gasteiger partial charge in [-0.3, -0.25) is 0 Å². The van der Waals surface area contributed by atoms with Crippen LogP contribution < -0.4 is 0 Å². The fourth-order valence-electron chi connectivity index (χ4n) is 1.31. The number of carbonyl (C=O) groups excluding carboxylic acids is 2. The number of benzene rings is 1. The average Bonchev–Trinajstić information content (AvgIpc) is 2.35. The number of carbonyl (C=O) groups is 2. The third-order valence-electron chi connectivity index (χ3n) is 2.15. The summed E-state index contributed by atoms with van der Waals surface area (Å²) < 4.78 is 7.26. The van der Waals surface area contributed by atoms with Crippen LogP contribution >= 0.6 is 34.8 Å². The van der Waals surface area contributed by atoms with E-state index in [2.05, 4.69) is 9.47 Å². The van der Waals surface area contributed by atoms with Gasteiger partial charge in [-0.1, -0.05) is 34.8 Å². The molecule has 0 aliphatic rings. The minimum atomic E-state index is -1.85. The molecule has 98 valence electrons. The van der Waals surface area contributed by atoms with Gasteiger partial charge in [-0.05, 0) is 18.2 Å². The van der Waals surface area contributed by atoms with Crippen LogP contribution in [0.25, 0.3) is 0 Å². The molecule has 4 nitrogen and oxygen atoms in total. The number of alkyl halides is 3. The molecule has 0 heterocycles. The minimum Gasteiger partial charge on any atom is -0.465 e. The second-order valence-corrected chi connectivity index (χ2v) is 5.52. The molecule has 7 heteroatoms. The summed E-state index contributed by atoms with van der Waals surface area (Å²) in [6.07, 6.45) is 0. The normalized spacial score (nSPS) is 10.9. The molecule has 0 saturated carbocycles. The minimum absolute atomic E-state index is 0.0576. The molecule has 0 saturated heterocycles. The Balaban J connectivity index is 3.39. The molecule has 0 N–H and O–H groups in total. The summed E-state index contributed by atoms with van der Waals surface area (Å²) in [5.41, 5.74) is 0.305. The smallest absolute Gasteiger partial charge is 0.338 e. The van der Waals surface area contributed by atoms with Crippen molar-refractivity contribution in [1.82, 2.24) is 0 Å². The highest BCUT2D eigenvalue weighted by atomic mass is 35.6. The van der Waals surface area contributed by atoms with E-state index in [0.29, 0.717) is 0 Å². The molecule has 1 aromatic rings. The maximum absolute atomic E-state index is 11.5. The highest BCUT2D eigenvalue weighted by Crippen LogP contribution is 2.40. The van der Waals surface area contributed by atoms with Crippen LogP contribution in [0.2, 0.25) is 0 Å². The van der Waals surface area contributed by atoms with E-state index in [1.165, 1.54) is 32.4 Å². The molecule has 0 aromatic heterocycles. The molecule has 0 atom stereocenters. The van der Waals surface area contributed by atoms with E-state index >= 15 is 0 Å². The molecular weight excluding hydrogens is 302 g/mol. The highest BCUT2D eigenvalue weighted by Gasteiger charge is 2.30. The Hall–Kier alpha value is -0.970. The van der Waals surface area contributed by atoms with Gasteiger partial charge in [0, 0.05) is 5.56 Å². The van der Waals surface area contributed by atoms with Gasteiger partial charge >= 0.3 is 11.9 Å². The van der Waals surface area contributed by atoms with E-state index in [4.69, 9.17) is 34.8 Å². The van der Waals surface area contributed by atoms with Gasteiger partial charge in [0.05, 0.1) is 25.3 Å². The van der Waals surface area contributed by atoms with Crippen molar-refractivity contribution in [2.75, 3.05) is 14.2 Å². The third-order valence-corrected chi connectivity index (χ3v) is 2.76. The molecule has 0 aliphatic carbocycles. The Morgan fingerprint density at radius 2 is 1.61 bits per heavy atom. The van der Waals surface area contributed by atoms with Crippen LogP contribution in [0.3, 0.4) is 0 Å². The lowest BCUT2D eigenvalue weighted by Gasteiger charge is -2.16. The monoisotopic (exact) mass is 310 g/mol. The van der Waals surface area contributed by atoms with Crippen LogP contribution in [-0.4, -0.2) is 26.2 Å². The Bertz CT molecular complexity index is 480. The number of hydrogen-bond acceptors (Lipinski definition) is 4. The molecule has 0 amide bonds. The van der Waals surface area contributed by atoms with Crippen molar-refractivity contribution in [3.63, 3.8) is 0 Å². The van der Waals surface area contributed by atoms with E-state index in [0.717, 1.165) is 0 Å². The molecule has 0 unspecified atom stereocenters. The zero-order chi connectivity index (χ0) is 13.9. The summed E-state index contributed by atoms with van der Waals surface area (Å²) in [5, 5.41) is 0. The van der Waals surface area contributed by atoms with Crippen LogP contribution in [0.1, 0.15) is 26.3 Å². The van der Waals surface area contributed by atoms with Crippen LogP contribution in [0, 0.1) is 0 Å². The molecule has 0 spiro atoms. The lowest BCUT2D eigenvalue weighted by molar-refractivity contribution is 0.0585. The van der Waals surface area contributed by atoms with E-state index < -0.39 is 15.7 Å². The predicted molar refractivity (Wildman–Crippen MR) is 68.4 cm³/mol. The fourth-order valence-corrected chi connectivity index (χ4v) is 1.78. The van der Waals surface area contributed by atoms with Gasteiger partial charge < -0.3 is 9.47 Å². The van der Waals surface area contributed by atoms with Crippen LogP contribution in [0.4, 0.5) is 0 Å². The number of rotatable bonds is 2. The number of ether oxygens (including phenoxy) is 2. The summed E-state index contributed by atoms with van der Waals surface area (Å²) in [6, 6.07) is 4.01. The molecule has 1 rings (SSSR count). The lowest BCUT2D eigenvalue weighted by Crippen LogP contribution is -2.14. The first-order chi connectivity index (χ1) is 8.31. The van der Waals surface area contributed by atoms with Crippen molar-refractivity contribution in [3.8, 4) is 0 Å². The van der Waals surface area contributed by atoms with Crippen LogP contribution in [0.5, 0.6) is 0 Å². The van der Waals surface area contributed by atoms with E-state index in [1.54, 1.807) is 0 Å². The van der Waals surface area contributed by atoms with Gasteiger partial charge in [-0.15, -0.1) is 0 Å². The van der Waals surface area contributed by atoms with Crippen molar-refractivity contribution >= 4 is 46.7 Å². The fraction of sp³-hybridized carbons (Fsp3) is 0.273. The Morgan fingerprint density at radius 3 is 2.06 bits per heavy atom. The highest BCUT2D eigenvalue weighted by molar-refractivity contribution is 6.67. The van der Waals surface area contributed by atoms with Crippen LogP contribution in [-0.2, 0) is 13.3 Å². The zero-order valence-corrected chi connectivity index (χ0v) is 11.8. The molecule has 0 radical (unpaired) electrons. The number of halogens is 3. The summed E-state index contributed by atoms with van der Waals surface area (Å²) >= 11 is 17.3. The molecule has 1 aromatic carbocycles. The van der Waals surface area contributed by atoms with E-state index in [9.17, 15) is 9.59 Å². The molecule has 0 aliphatic heterocycles. The van der Waals surface area contributed by atoms with Crippen molar-refractivity contribution in [1.29, 1.82) is 0 Å². The summed E-state index contributed by atoms with van der Waals surface area (Å²) in [6.45, 7) is 0. The quantitative estimate of drug-likeness (QED) is 0.622. The molecule has 0 fully saturated rings. The first-order valence-electron chi connectivity index (χ1n) is 4.69. The predicted octanol–water partition coefficient (Wildman–Crippen LogP) is 3.09. The Morgan fingerprint density at radius 1 is 1.06 bits per heavy atom. The second kappa shape index (κ2) is 5.78. The average molecular weight is 312 g/mol. The van der Waals surface area contributed by atoms with Crippen LogP contribution in [0.15, 0.2) is 18.2 Å². The third kappa shape index (κ3) is 3.28. The summed E-state index contributed by atoms with van der Waals surface area (Å²) in [7, 11) is 2.43. The summed E-state index contributed by atoms with van der Waals surface area (Å²) in [5.74, 6) is -1.25. The van der Waals surface area contributed by atoms with Crippen molar-refractivity contribution < 1.29 is 19.1 Å². The maximum atomic E-state index is 11.5. The van der Waals surface area contributed by atoms with Gasteiger partial charge in [0.1, 0.15) is 0 Å². The zero-order valence-electron chi connectivity index (χ0n) is 9.50. The van der Waals surface area contributed by atoms with E-state index in [1.807, 2.05) is 0 Å². The van der Waals surface area contributed by atoms with Gasteiger partial charge in [0.15, 0.2) is 0 Å². The van der Waals surface area contributed by atoms with Crippen molar-refractivity contribution in [3.05, 3.63) is 34.9 Å². The standard InChI is InChI=1S/C11H9Cl3O4/c1-17-9(15)6-3-4-7(10(16)18-2)8(5-6)11(12,13)14/h3-5H,1-2H3. The Labute approximate surface area is 119 Å². The maximum Gasteiger partial charge on any atom is 0.338 e. The Kier molecular flexibility index (Phi) is 4.85. The molecule has 18 heavy (non-hydrogen) atoms. The van der Waals surface area contributed by atoms with E-state index in [-0.39, 0.29) is 16.7 Å². The molecule has 0 bridgehead atoms. The molecular formula is C11H9Cl3O4. The summed E-state index contributed by atoms with van der Waals surface area (Å²) in [4.78, 5) is 22.9. The van der Waals surface area contributed by atoms with Gasteiger partial charge in [0.2, 0.25) is 3.79 Å². The topological polar surface area (TPSA) is 52.6 Å².